The van der Waals surface area contributed by atoms with Crippen LogP contribution in [0.25, 0.3) is 11.0 Å². The highest BCUT2D eigenvalue weighted by Gasteiger charge is 2.22. The number of amides is 1. The summed E-state index contributed by atoms with van der Waals surface area (Å²) in [4.78, 5) is 26.1. The van der Waals surface area contributed by atoms with Crippen LogP contribution in [0.2, 0.25) is 0 Å². The molecule has 0 saturated carbocycles. The van der Waals surface area contributed by atoms with Crippen molar-refractivity contribution < 1.29 is 9.21 Å². The second-order valence-electron chi connectivity index (χ2n) is 7.73. The van der Waals surface area contributed by atoms with E-state index in [4.69, 9.17) is 4.42 Å². The largest absolute Gasteiger partial charge is 0.423 e. The van der Waals surface area contributed by atoms with Crippen molar-refractivity contribution in [1.82, 2.24) is 10.2 Å². The summed E-state index contributed by atoms with van der Waals surface area (Å²) in [7, 11) is 0. The first kappa shape index (κ1) is 18.6. The highest BCUT2D eigenvalue weighted by Crippen LogP contribution is 2.23. The first-order valence-electron chi connectivity index (χ1n) is 9.46. The molecule has 2 heterocycles. The zero-order chi connectivity index (χ0) is 18.7. The molecule has 2 aromatic rings. The number of likely N-dealkylation sites (tertiary alicyclic amines) is 1. The third-order valence-corrected chi connectivity index (χ3v) is 5.07. The molecule has 1 aliphatic rings. The lowest BCUT2D eigenvalue weighted by molar-refractivity contribution is -0.124. The standard InChI is InChI=1S/C21H28N2O3/c1-14(2)21(25)22-11-16-5-4-8-23(12-16)13-17-10-20(24)26-19-9-15(3)6-7-18(17)19/h6-7,9-10,14,16H,4-5,8,11-13H2,1-3H3,(H,22,25). The minimum Gasteiger partial charge on any atom is -0.423 e. The average molecular weight is 356 g/mol. The molecule has 1 aliphatic heterocycles. The zero-order valence-corrected chi connectivity index (χ0v) is 15.9. The summed E-state index contributed by atoms with van der Waals surface area (Å²) in [6, 6.07) is 7.61. The SMILES string of the molecule is Cc1ccc2c(CN3CCCC(CNC(=O)C(C)C)C3)cc(=O)oc2c1. The molecule has 140 valence electrons. The Hall–Kier alpha value is -2.14. The number of rotatable bonds is 5. The predicted molar refractivity (Wildman–Crippen MR) is 103 cm³/mol. The second-order valence-corrected chi connectivity index (χ2v) is 7.73. The van der Waals surface area contributed by atoms with Gasteiger partial charge in [0.2, 0.25) is 5.91 Å². The fourth-order valence-electron chi connectivity index (χ4n) is 3.62. The predicted octanol–water partition coefficient (Wildman–Crippen LogP) is 3.09. The maximum atomic E-state index is 11.9. The number of hydrogen-bond donors (Lipinski definition) is 1. The van der Waals surface area contributed by atoms with E-state index in [2.05, 4.69) is 10.2 Å². The van der Waals surface area contributed by atoms with E-state index in [0.29, 0.717) is 11.5 Å². The summed E-state index contributed by atoms with van der Waals surface area (Å²) >= 11 is 0. The molecule has 5 heteroatoms. The van der Waals surface area contributed by atoms with Crippen LogP contribution in [-0.4, -0.2) is 30.4 Å². The molecule has 1 N–H and O–H groups in total. The molecular weight excluding hydrogens is 328 g/mol. The normalized spacial score (nSPS) is 18.4. The quantitative estimate of drug-likeness (QED) is 0.836. The molecule has 1 aromatic heterocycles. The van der Waals surface area contributed by atoms with E-state index in [-0.39, 0.29) is 17.5 Å². The van der Waals surface area contributed by atoms with E-state index < -0.39 is 0 Å². The van der Waals surface area contributed by atoms with E-state index in [0.717, 1.165) is 55.5 Å². The summed E-state index contributed by atoms with van der Waals surface area (Å²) in [5.41, 5.74) is 2.46. The van der Waals surface area contributed by atoms with Crippen molar-refractivity contribution in [3.8, 4) is 0 Å². The average Bonchev–Trinajstić information content (AvgIpc) is 2.59. The lowest BCUT2D eigenvalue weighted by atomic mass is 9.97. The van der Waals surface area contributed by atoms with Gasteiger partial charge < -0.3 is 9.73 Å². The van der Waals surface area contributed by atoms with Gasteiger partial charge in [0.25, 0.3) is 0 Å². The van der Waals surface area contributed by atoms with E-state index in [9.17, 15) is 9.59 Å². The van der Waals surface area contributed by atoms with Gasteiger partial charge in [-0.15, -0.1) is 0 Å². The molecule has 1 saturated heterocycles. The molecule has 3 rings (SSSR count). The van der Waals surface area contributed by atoms with Gasteiger partial charge in [0.1, 0.15) is 5.58 Å². The maximum Gasteiger partial charge on any atom is 0.336 e. The smallest absolute Gasteiger partial charge is 0.336 e. The fraction of sp³-hybridized carbons (Fsp3) is 0.524. The summed E-state index contributed by atoms with van der Waals surface area (Å²) in [5, 5.41) is 4.06. The number of carbonyl (C=O) groups is 1. The van der Waals surface area contributed by atoms with Gasteiger partial charge in [-0.2, -0.15) is 0 Å². The lowest BCUT2D eigenvalue weighted by Gasteiger charge is -2.33. The minimum absolute atomic E-state index is 0.0214. The number of aryl methyl sites for hydroxylation is 1. The van der Waals surface area contributed by atoms with E-state index in [1.54, 1.807) is 6.07 Å². The minimum atomic E-state index is -0.296. The van der Waals surface area contributed by atoms with Crippen molar-refractivity contribution in [3.63, 3.8) is 0 Å². The van der Waals surface area contributed by atoms with Crippen molar-refractivity contribution in [2.24, 2.45) is 11.8 Å². The molecule has 0 aliphatic carbocycles. The van der Waals surface area contributed by atoms with Crippen molar-refractivity contribution in [1.29, 1.82) is 0 Å². The molecule has 1 aromatic carbocycles. The van der Waals surface area contributed by atoms with E-state index in [1.807, 2.05) is 39.0 Å². The molecule has 1 fully saturated rings. The Morgan fingerprint density at radius 1 is 1.35 bits per heavy atom. The topological polar surface area (TPSA) is 62.6 Å². The molecule has 1 atom stereocenters. The van der Waals surface area contributed by atoms with Gasteiger partial charge in [0.05, 0.1) is 0 Å². The summed E-state index contributed by atoms with van der Waals surface area (Å²) in [6.45, 7) is 9.23. The van der Waals surface area contributed by atoms with Crippen LogP contribution in [0.5, 0.6) is 0 Å². The van der Waals surface area contributed by atoms with Crippen LogP contribution in [-0.2, 0) is 11.3 Å². The highest BCUT2D eigenvalue weighted by atomic mass is 16.4. The van der Waals surface area contributed by atoms with Crippen LogP contribution in [0.4, 0.5) is 0 Å². The van der Waals surface area contributed by atoms with Gasteiger partial charge in [-0.05, 0) is 49.4 Å². The zero-order valence-electron chi connectivity index (χ0n) is 15.9. The van der Waals surface area contributed by atoms with E-state index in [1.165, 1.54) is 0 Å². The lowest BCUT2D eigenvalue weighted by Crippen LogP contribution is -2.41. The Labute approximate surface area is 154 Å². The molecule has 0 spiro atoms. The van der Waals surface area contributed by atoms with Gasteiger partial charge in [0, 0.05) is 37.0 Å². The Balaban J connectivity index is 1.70. The number of nitrogens with one attached hydrogen (secondary N) is 1. The molecule has 0 bridgehead atoms. The van der Waals surface area contributed by atoms with Gasteiger partial charge in [-0.25, -0.2) is 4.79 Å². The Morgan fingerprint density at radius 3 is 2.92 bits per heavy atom. The molecule has 26 heavy (non-hydrogen) atoms. The van der Waals surface area contributed by atoms with Crippen LogP contribution >= 0.6 is 0 Å². The molecule has 1 amide bonds. The van der Waals surface area contributed by atoms with Gasteiger partial charge in [-0.1, -0.05) is 26.0 Å². The van der Waals surface area contributed by atoms with Gasteiger partial charge in [-0.3, -0.25) is 9.69 Å². The summed E-state index contributed by atoms with van der Waals surface area (Å²) < 4.78 is 5.36. The number of fused-ring (bicyclic) bond motifs is 1. The first-order valence-corrected chi connectivity index (χ1v) is 9.46. The third kappa shape index (κ3) is 4.52. The van der Waals surface area contributed by atoms with E-state index >= 15 is 0 Å². The van der Waals surface area contributed by atoms with Crippen molar-refractivity contribution >= 4 is 16.9 Å². The van der Waals surface area contributed by atoms with Crippen LogP contribution < -0.4 is 10.9 Å². The van der Waals surface area contributed by atoms with Crippen molar-refractivity contribution in [2.45, 2.75) is 40.2 Å². The Kier molecular flexibility index (Phi) is 5.77. The molecule has 1 unspecified atom stereocenters. The molecule has 5 nitrogen and oxygen atoms in total. The number of hydrogen-bond acceptors (Lipinski definition) is 4. The fourth-order valence-corrected chi connectivity index (χ4v) is 3.62. The van der Waals surface area contributed by atoms with Crippen LogP contribution in [0.3, 0.4) is 0 Å². The summed E-state index contributed by atoms with van der Waals surface area (Å²) in [6.07, 6.45) is 2.24. The van der Waals surface area contributed by atoms with Crippen molar-refractivity contribution in [2.75, 3.05) is 19.6 Å². The summed E-state index contributed by atoms with van der Waals surface area (Å²) in [5.74, 6) is 0.595. The number of piperidine rings is 1. The third-order valence-electron chi connectivity index (χ3n) is 5.07. The molecule has 0 radical (unpaired) electrons. The maximum absolute atomic E-state index is 11.9. The van der Waals surface area contributed by atoms with Crippen LogP contribution in [0, 0.1) is 18.8 Å². The van der Waals surface area contributed by atoms with Crippen LogP contribution in [0.1, 0.15) is 37.8 Å². The highest BCUT2D eigenvalue weighted by molar-refractivity contribution is 5.80. The number of benzene rings is 1. The Morgan fingerprint density at radius 2 is 2.15 bits per heavy atom. The Bertz CT molecular complexity index is 841. The van der Waals surface area contributed by atoms with Gasteiger partial charge >= 0.3 is 5.63 Å². The monoisotopic (exact) mass is 356 g/mol. The number of nitrogens with zero attached hydrogens (tertiary/aromatic N) is 1. The van der Waals surface area contributed by atoms with Crippen LogP contribution in [0.15, 0.2) is 33.5 Å². The number of carbonyl (C=O) groups excluding carboxylic acids is 1. The van der Waals surface area contributed by atoms with Crippen molar-refractivity contribution in [3.05, 3.63) is 45.8 Å². The second kappa shape index (κ2) is 8.04. The first-order chi connectivity index (χ1) is 12.4. The molecular formula is C21H28N2O3. The van der Waals surface area contributed by atoms with Gasteiger partial charge in [0.15, 0.2) is 0 Å².